The highest BCUT2D eigenvalue weighted by Crippen LogP contribution is 2.30. The van der Waals surface area contributed by atoms with Crippen molar-refractivity contribution in [1.82, 2.24) is 10.2 Å². The Kier molecular flexibility index (Phi) is 5.45. The number of aryl methyl sites for hydroxylation is 2. The Bertz CT molecular complexity index is 465. The fourth-order valence-electron chi connectivity index (χ4n) is 3.45. The van der Waals surface area contributed by atoms with Gasteiger partial charge >= 0.3 is 0 Å². The van der Waals surface area contributed by atoms with Crippen molar-refractivity contribution >= 4 is 0 Å². The van der Waals surface area contributed by atoms with Gasteiger partial charge in [0.1, 0.15) is 0 Å². The molecule has 1 aliphatic rings. The van der Waals surface area contributed by atoms with Gasteiger partial charge in [0.25, 0.3) is 0 Å². The minimum absolute atomic E-state index is 0.458. The van der Waals surface area contributed by atoms with E-state index in [1.165, 1.54) is 42.6 Å². The average Bonchev–Trinajstić information content (AvgIpc) is 2.74. The lowest BCUT2D eigenvalue weighted by atomic mass is 9.93. The van der Waals surface area contributed by atoms with E-state index in [2.05, 4.69) is 63.0 Å². The number of rotatable bonds is 6. The standard InChI is InChI=1S/C19H32N2/c1-6-10-20-18(13-21-11-9-19(4,5)14-21)17-8-7-15(2)12-16(17)3/h7-8,12,18,20H,6,9-11,13-14H2,1-5H3. The first-order valence-corrected chi connectivity index (χ1v) is 8.44. The summed E-state index contributed by atoms with van der Waals surface area (Å²) in [6, 6.07) is 7.33. The number of likely N-dealkylation sites (tertiary alicyclic amines) is 1. The molecule has 0 radical (unpaired) electrons. The predicted octanol–water partition coefficient (Wildman–Crippen LogP) is 4.08. The van der Waals surface area contributed by atoms with Gasteiger partial charge in [-0.15, -0.1) is 0 Å². The summed E-state index contributed by atoms with van der Waals surface area (Å²) < 4.78 is 0. The van der Waals surface area contributed by atoms with E-state index in [4.69, 9.17) is 0 Å². The molecule has 0 spiro atoms. The van der Waals surface area contributed by atoms with Crippen molar-refractivity contribution in [2.75, 3.05) is 26.2 Å². The quantitative estimate of drug-likeness (QED) is 0.848. The lowest BCUT2D eigenvalue weighted by molar-refractivity contribution is 0.260. The second kappa shape index (κ2) is 6.93. The van der Waals surface area contributed by atoms with Crippen LogP contribution in [0.1, 0.15) is 56.3 Å². The molecule has 0 saturated carbocycles. The van der Waals surface area contributed by atoms with Crippen LogP contribution in [-0.2, 0) is 0 Å². The first kappa shape index (κ1) is 16.5. The predicted molar refractivity (Wildman–Crippen MR) is 91.8 cm³/mol. The number of nitrogens with one attached hydrogen (secondary N) is 1. The maximum atomic E-state index is 3.76. The second-order valence-electron chi connectivity index (χ2n) is 7.52. The summed E-state index contributed by atoms with van der Waals surface area (Å²) in [6.07, 6.45) is 2.51. The highest BCUT2D eigenvalue weighted by molar-refractivity contribution is 5.33. The topological polar surface area (TPSA) is 15.3 Å². The normalized spacial score (nSPS) is 19.9. The van der Waals surface area contributed by atoms with Crippen LogP contribution >= 0.6 is 0 Å². The van der Waals surface area contributed by atoms with E-state index in [1.54, 1.807) is 0 Å². The zero-order valence-corrected chi connectivity index (χ0v) is 14.5. The molecule has 0 amide bonds. The second-order valence-corrected chi connectivity index (χ2v) is 7.52. The third kappa shape index (κ3) is 4.55. The molecule has 1 N–H and O–H groups in total. The Hall–Kier alpha value is -0.860. The molecule has 2 rings (SSSR count). The van der Waals surface area contributed by atoms with Crippen molar-refractivity contribution in [3.63, 3.8) is 0 Å². The van der Waals surface area contributed by atoms with Crippen LogP contribution in [0.15, 0.2) is 18.2 Å². The van der Waals surface area contributed by atoms with Gasteiger partial charge in [-0.1, -0.05) is 44.5 Å². The van der Waals surface area contributed by atoms with E-state index in [-0.39, 0.29) is 0 Å². The van der Waals surface area contributed by atoms with Gasteiger partial charge in [-0.3, -0.25) is 0 Å². The van der Waals surface area contributed by atoms with E-state index in [9.17, 15) is 0 Å². The number of hydrogen-bond acceptors (Lipinski definition) is 2. The fourth-order valence-corrected chi connectivity index (χ4v) is 3.45. The molecule has 1 heterocycles. The zero-order valence-electron chi connectivity index (χ0n) is 14.5. The third-order valence-electron chi connectivity index (χ3n) is 4.64. The number of hydrogen-bond donors (Lipinski definition) is 1. The summed E-state index contributed by atoms with van der Waals surface area (Å²) in [5.41, 5.74) is 4.73. The van der Waals surface area contributed by atoms with Gasteiger partial charge in [0, 0.05) is 19.1 Å². The van der Waals surface area contributed by atoms with Gasteiger partial charge in [0.05, 0.1) is 0 Å². The van der Waals surface area contributed by atoms with Crippen molar-refractivity contribution in [2.24, 2.45) is 5.41 Å². The van der Waals surface area contributed by atoms with E-state index >= 15 is 0 Å². The first-order valence-electron chi connectivity index (χ1n) is 8.44. The molecule has 1 atom stereocenters. The highest BCUT2D eigenvalue weighted by atomic mass is 15.2. The maximum Gasteiger partial charge on any atom is 0.0451 e. The molecule has 0 aromatic heterocycles. The van der Waals surface area contributed by atoms with Crippen molar-refractivity contribution in [1.29, 1.82) is 0 Å². The molecule has 2 nitrogen and oxygen atoms in total. The van der Waals surface area contributed by atoms with Crippen LogP contribution in [0.2, 0.25) is 0 Å². The fraction of sp³-hybridized carbons (Fsp3) is 0.684. The van der Waals surface area contributed by atoms with Gasteiger partial charge in [-0.25, -0.2) is 0 Å². The average molecular weight is 288 g/mol. The van der Waals surface area contributed by atoms with Crippen molar-refractivity contribution < 1.29 is 0 Å². The molecular weight excluding hydrogens is 256 g/mol. The molecule has 1 aromatic rings. The Labute approximate surface area is 130 Å². The number of benzene rings is 1. The van der Waals surface area contributed by atoms with Gasteiger partial charge < -0.3 is 10.2 Å². The number of nitrogens with zero attached hydrogens (tertiary/aromatic N) is 1. The maximum absolute atomic E-state index is 3.76. The Balaban J connectivity index is 2.10. The SMILES string of the molecule is CCCNC(CN1CCC(C)(C)C1)c1ccc(C)cc1C. The van der Waals surface area contributed by atoms with Crippen molar-refractivity contribution in [2.45, 2.75) is 53.5 Å². The molecule has 0 bridgehead atoms. The Morgan fingerprint density at radius 2 is 2.05 bits per heavy atom. The van der Waals surface area contributed by atoms with Crippen LogP contribution in [0, 0.1) is 19.3 Å². The molecule has 1 unspecified atom stereocenters. The van der Waals surface area contributed by atoms with Crippen molar-refractivity contribution in [3.8, 4) is 0 Å². The molecule has 1 aliphatic heterocycles. The third-order valence-corrected chi connectivity index (χ3v) is 4.64. The molecule has 1 fully saturated rings. The van der Waals surface area contributed by atoms with Crippen LogP contribution in [0.5, 0.6) is 0 Å². The van der Waals surface area contributed by atoms with Crippen LogP contribution in [0.3, 0.4) is 0 Å². The van der Waals surface area contributed by atoms with Gasteiger partial charge in [0.2, 0.25) is 0 Å². The van der Waals surface area contributed by atoms with Crippen LogP contribution in [0.4, 0.5) is 0 Å². The Morgan fingerprint density at radius 1 is 1.29 bits per heavy atom. The molecule has 0 aliphatic carbocycles. The summed E-state index contributed by atoms with van der Waals surface area (Å²) in [6.45, 7) is 16.1. The Morgan fingerprint density at radius 3 is 2.62 bits per heavy atom. The lowest BCUT2D eigenvalue weighted by Gasteiger charge is -2.27. The van der Waals surface area contributed by atoms with Gasteiger partial charge in [-0.2, -0.15) is 0 Å². The van der Waals surface area contributed by atoms with Gasteiger partial charge in [-0.05, 0) is 56.3 Å². The molecule has 118 valence electrons. The van der Waals surface area contributed by atoms with Crippen molar-refractivity contribution in [3.05, 3.63) is 34.9 Å². The molecule has 2 heteroatoms. The zero-order chi connectivity index (χ0) is 15.5. The summed E-state index contributed by atoms with van der Waals surface area (Å²) in [7, 11) is 0. The van der Waals surface area contributed by atoms with E-state index in [0.717, 1.165) is 13.1 Å². The summed E-state index contributed by atoms with van der Waals surface area (Å²) in [5.74, 6) is 0. The van der Waals surface area contributed by atoms with Crippen LogP contribution in [-0.4, -0.2) is 31.1 Å². The van der Waals surface area contributed by atoms with E-state index < -0.39 is 0 Å². The van der Waals surface area contributed by atoms with E-state index in [1.807, 2.05) is 0 Å². The molecule has 1 saturated heterocycles. The summed E-state index contributed by atoms with van der Waals surface area (Å²) >= 11 is 0. The van der Waals surface area contributed by atoms with Gasteiger partial charge in [0.15, 0.2) is 0 Å². The minimum atomic E-state index is 0.458. The van der Waals surface area contributed by atoms with Crippen LogP contribution < -0.4 is 5.32 Å². The summed E-state index contributed by atoms with van der Waals surface area (Å²) in [4.78, 5) is 2.63. The monoisotopic (exact) mass is 288 g/mol. The van der Waals surface area contributed by atoms with E-state index in [0.29, 0.717) is 11.5 Å². The summed E-state index contributed by atoms with van der Waals surface area (Å²) in [5, 5.41) is 3.76. The largest absolute Gasteiger partial charge is 0.309 e. The highest BCUT2D eigenvalue weighted by Gasteiger charge is 2.30. The molecule has 21 heavy (non-hydrogen) atoms. The van der Waals surface area contributed by atoms with Crippen LogP contribution in [0.25, 0.3) is 0 Å². The molecular formula is C19H32N2. The molecule has 1 aromatic carbocycles. The smallest absolute Gasteiger partial charge is 0.0451 e. The minimum Gasteiger partial charge on any atom is -0.309 e. The first-order chi connectivity index (χ1) is 9.91. The lowest BCUT2D eigenvalue weighted by Crippen LogP contribution is -2.35.